The first-order valence-corrected chi connectivity index (χ1v) is 6.45. The van der Waals surface area contributed by atoms with E-state index in [9.17, 15) is 4.79 Å². The smallest absolute Gasteiger partial charge is 0.220 e. The largest absolute Gasteiger partial charge is 0.384 e. The van der Waals surface area contributed by atoms with E-state index in [4.69, 9.17) is 0 Å². The summed E-state index contributed by atoms with van der Waals surface area (Å²) in [6, 6.07) is 8.73. The molecule has 1 aliphatic carbocycles. The van der Waals surface area contributed by atoms with Crippen LogP contribution in [0.3, 0.4) is 0 Å². The molecular formula is C14H18N2O. The minimum atomic E-state index is 0.207. The summed E-state index contributed by atoms with van der Waals surface area (Å²) in [6.45, 7) is 0.886. The molecule has 1 aliphatic heterocycles. The van der Waals surface area contributed by atoms with Crippen molar-refractivity contribution in [3.8, 4) is 0 Å². The number of para-hydroxylation sites is 1. The van der Waals surface area contributed by atoms with E-state index >= 15 is 0 Å². The molecule has 1 saturated carbocycles. The van der Waals surface area contributed by atoms with Crippen LogP contribution < -0.4 is 10.6 Å². The zero-order valence-corrected chi connectivity index (χ0v) is 9.91. The minimum Gasteiger partial charge on any atom is -0.384 e. The number of rotatable bonds is 3. The van der Waals surface area contributed by atoms with Crippen LogP contribution in [0.25, 0.3) is 0 Å². The predicted molar refractivity (Wildman–Crippen MR) is 68.1 cm³/mol. The fraction of sp³-hybridized carbons (Fsp3) is 0.500. The highest BCUT2D eigenvalue weighted by Crippen LogP contribution is 2.33. The Hall–Kier alpha value is -1.51. The van der Waals surface area contributed by atoms with Crippen LogP contribution in [-0.2, 0) is 4.79 Å². The Labute approximate surface area is 102 Å². The third kappa shape index (κ3) is 2.14. The third-order valence-electron chi connectivity index (χ3n) is 3.84. The predicted octanol–water partition coefficient (Wildman–Crippen LogP) is 2.25. The van der Waals surface area contributed by atoms with Gasteiger partial charge in [-0.25, -0.2) is 0 Å². The number of anilines is 1. The molecule has 0 bridgehead atoms. The fourth-order valence-corrected chi connectivity index (χ4v) is 2.60. The molecule has 1 fully saturated rings. The first kappa shape index (κ1) is 10.6. The van der Waals surface area contributed by atoms with Gasteiger partial charge in [0.1, 0.15) is 0 Å². The molecule has 3 heteroatoms. The lowest BCUT2D eigenvalue weighted by Gasteiger charge is -2.26. The van der Waals surface area contributed by atoms with Crippen LogP contribution >= 0.6 is 0 Å². The van der Waals surface area contributed by atoms with Gasteiger partial charge in [-0.15, -0.1) is 0 Å². The molecule has 1 aromatic rings. The molecule has 1 atom stereocenters. The SMILES string of the molecule is O=C(CC1CNc2ccccc21)NC1CCC1. The Morgan fingerprint density at radius 3 is 2.94 bits per heavy atom. The number of hydrogen-bond acceptors (Lipinski definition) is 2. The van der Waals surface area contributed by atoms with Gasteiger partial charge in [0.15, 0.2) is 0 Å². The van der Waals surface area contributed by atoms with Crippen LogP contribution in [-0.4, -0.2) is 18.5 Å². The van der Waals surface area contributed by atoms with Crippen molar-refractivity contribution in [2.45, 2.75) is 37.6 Å². The average Bonchev–Trinajstić information content (AvgIpc) is 2.68. The Balaban J connectivity index is 1.60. The minimum absolute atomic E-state index is 0.207. The maximum atomic E-state index is 11.9. The second kappa shape index (κ2) is 4.40. The van der Waals surface area contributed by atoms with Gasteiger partial charge in [-0.05, 0) is 30.9 Å². The van der Waals surface area contributed by atoms with E-state index in [0.717, 1.165) is 19.4 Å². The standard InChI is InChI=1S/C14H18N2O/c17-14(16-11-4-3-5-11)8-10-9-15-13-7-2-1-6-12(10)13/h1-2,6-7,10-11,15H,3-5,8-9H2,(H,16,17). The average molecular weight is 230 g/mol. The third-order valence-corrected chi connectivity index (χ3v) is 3.84. The maximum absolute atomic E-state index is 11.9. The fourth-order valence-electron chi connectivity index (χ4n) is 2.60. The summed E-state index contributed by atoms with van der Waals surface area (Å²) < 4.78 is 0. The molecule has 1 heterocycles. The molecule has 3 nitrogen and oxygen atoms in total. The van der Waals surface area contributed by atoms with E-state index in [0.29, 0.717) is 18.4 Å². The summed E-state index contributed by atoms with van der Waals surface area (Å²) in [7, 11) is 0. The van der Waals surface area contributed by atoms with Gasteiger partial charge in [0.2, 0.25) is 5.91 Å². The second-order valence-corrected chi connectivity index (χ2v) is 5.06. The molecule has 17 heavy (non-hydrogen) atoms. The monoisotopic (exact) mass is 230 g/mol. The summed E-state index contributed by atoms with van der Waals surface area (Å²) in [5.41, 5.74) is 2.48. The number of benzene rings is 1. The molecule has 0 spiro atoms. The van der Waals surface area contributed by atoms with Crippen molar-refractivity contribution in [1.29, 1.82) is 0 Å². The van der Waals surface area contributed by atoms with Crippen LogP contribution in [0.5, 0.6) is 0 Å². The molecule has 90 valence electrons. The lowest BCUT2D eigenvalue weighted by atomic mass is 9.92. The van der Waals surface area contributed by atoms with E-state index in [1.807, 2.05) is 12.1 Å². The van der Waals surface area contributed by atoms with Crippen LogP contribution in [0.4, 0.5) is 5.69 Å². The summed E-state index contributed by atoms with van der Waals surface area (Å²) in [5, 5.41) is 6.46. The highest BCUT2D eigenvalue weighted by Gasteiger charge is 2.26. The van der Waals surface area contributed by atoms with Crippen molar-refractivity contribution in [3.05, 3.63) is 29.8 Å². The lowest BCUT2D eigenvalue weighted by Crippen LogP contribution is -2.40. The van der Waals surface area contributed by atoms with E-state index in [2.05, 4.69) is 22.8 Å². The molecular weight excluding hydrogens is 212 g/mol. The molecule has 1 unspecified atom stereocenters. The molecule has 0 radical (unpaired) electrons. The van der Waals surface area contributed by atoms with Crippen molar-refractivity contribution < 1.29 is 4.79 Å². The normalized spacial score (nSPS) is 22.5. The van der Waals surface area contributed by atoms with Gasteiger partial charge in [0.25, 0.3) is 0 Å². The summed E-state index contributed by atoms with van der Waals surface area (Å²) in [4.78, 5) is 11.9. The topological polar surface area (TPSA) is 41.1 Å². The first-order valence-electron chi connectivity index (χ1n) is 6.45. The Morgan fingerprint density at radius 1 is 1.35 bits per heavy atom. The quantitative estimate of drug-likeness (QED) is 0.836. The van der Waals surface area contributed by atoms with Gasteiger partial charge in [-0.1, -0.05) is 18.2 Å². The Kier molecular flexibility index (Phi) is 2.75. The van der Waals surface area contributed by atoms with E-state index in [-0.39, 0.29) is 5.91 Å². The van der Waals surface area contributed by atoms with Gasteiger partial charge in [0, 0.05) is 30.6 Å². The van der Waals surface area contributed by atoms with Crippen LogP contribution in [0, 0.1) is 0 Å². The number of amides is 1. The van der Waals surface area contributed by atoms with Crippen LogP contribution in [0.1, 0.15) is 37.2 Å². The maximum Gasteiger partial charge on any atom is 0.220 e. The molecule has 2 N–H and O–H groups in total. The first-order chi connectivity index (χ1) is 8.33. The Bertz CT molecular complexity index is 426. The number of nitrogens with one attached hydrogen (secondary N) is 2. The van der Waals surface area contributed by atoms with Gasteiger partial charge in [0.05, 0.1) is 0 Å². The lowest BCUT2D eigenvalue weighted by molar-refractivity contribution is -0.122. The van der Waals surface area contributed by atoms with Gasteiger partial charge in [-0.3, -0.25) is 4.79 Å². The van der Waals surface area contributed by atoms with E-state index in [1.54, 1.807) is 0 Å². The number of carbonyl (C=O) groups excluding carboxylic acids is 1. The van der Waals surface area contributed by atoms with Gasteiger partial charge in [-0.2, -0.15) is 0 Å². The Morgan fingerprint density at radius 2 is 2.18 bits per heavy atom. The number of fused-ring (bicyclic) bond motifs is 1. The second-order valence-electron chi connectivity index (χ2n) is 5.06. The van der Waals surface area contributed by atoms with Gasteiger partial charge >= 0.3 is 0 Å². The van der Waals surface area contributed by atoms with E-state index in [1.165, 1.54) is 17.7 Å². The van der Waals surface area contributed by atoms with Crippen LogP contribution in [0.2, 0.25) is 0 Å². The highest BCUT2D eigenvalue weighted by atomic mass is 16.1. The molecule has 1 aromatic carbocycles. The molecule has 0 aromatic heterocycles. The van der Waals surface area contributed by atoms with Crippen LogP contribution in [0.15, 0.2) is 24.3 Å². The van der Waals surface area contributed by atoms with Crippen molar-refractivity contribution in [3.63, 3.8) is 0 Å². The summed E-state index contributed by atoms with van der Waals surface area (Å²) in [6.07, 6.45) is 4.19. The zero-order chi connectivity index (χ0) is 11.7. The van der Waals surface area contributed by atoms with E-state index < -0.39 is 0 Å². The zero-order valence-electron chi connectivity index (χ0n) is 9.91. The van der Waals surface area contributed by atoms with Crippen molar-refractivity contribution in [2.24, 2.45) is 0 Å². The molecule has 3 rings (SSSR count). The van der Waals surface area contributed by atoms with Gasteiger partial charge < -0.3 is 10.6 Å². The van der Waals surface area contributed by atoms with Crippen molar-refractivity contribution in [1.82, 2.24) is 5.32 Å². The molecule has 2 aliphatic rings. The van der Waals surface area contributed by atoms with Crippen molar-refractivity contribution >= 4 is 11.6 Å². The summed E-state index contributed by atoms with van der Waals surface area (Å²) in [5.74, 6) is 0.546. The number of hydrogen-bond donors (Lipinski definition) is 2. The van der Waals surface area contributed by atoms with Crippen molar-refractivity contribution in [2.75, 3.05) is 11.9 Å². The summed E-state index contributed by atoms with van der Waals surface area (Å²) >= 11 is 0. The number of carbonyl (C=O) groups is 1. The molecule has 0 saturated heterocycles. The highest BCUT2D eigenvalue weighted by molar-refractivity contribution is 5.78. The molecule has 1 amide bonds.